The van der Waals surface area contributed by atoms with E-state index < -0.39 is 49.5 Å². The lowest BCUT2D eigenvalue weighted by atomic mass is 9.99. The van der Waals surface area contributed by atoms with E-state index in [1.54, 1.807) is 6.08 Å². The molecule has 11 heteroatoms. The van der Waals surface area contributed by atoms with E-state index >= 15 is 0 Å². The molecule has 0 aliphatic carbocycles. The monoisotopic (exact) mass is 1200 g/mol. The van der Waals surface area contributed by atoms with Crippen molar-refractivity contribution in [1.29, 1.82) is 0 Å². The van der Waals surface area contributed by atoms with Crippen molar-refractivity contribution < 1.29 is 49.3 Å². The summed E-state index contributed by atoms with van der Waals surface area (Å²) in [6.45, 7) is 4.35. The smallest absolute Gasteiger partial charge is 0.305 e. The van der Waals surface area contributed by atoms with Crippen LogP contribution in [0.3, 0.4) is 0 Å². The van der Waals surface area contributed by atoms with Gasteiger partial charge in [-0.25, -0.2) is 0 Å². The Kier molecular flexibility index (Phi) is 60.4. The number of unbranched alkanes of at least 4 members (excludes halogenated alkanes) is 47. The lowest BCUT2D eigenvalue weighted by Gasteiger charge is -2.40. The number of rotatable bonds is 65. The second kappa shape index (κ2) is 63.4. The molecule has 0 spiro atoms. The van der Waals surface area contributed by atoms with Gasteiger partial charge in [0.2, 0.25) is 5.91 Å². The molecular weight excluding hydrogens is 1060 g/mol. The number of aliphatic hydroxyl groups excluding tert-OH is 5. The van der Waals surface area contributed by atoms with E-state index in [1.165, 1.54) is 283 Å². The van der Waals surface area contributed by atoms with Crippen molar-refractivity contribution in [3.05, 3.63) is 36.5 Å². The summed E-state index contributed by atoms with van der Waals surface area (Å²) in [7, 11) is 0. The van der Waals surface area contributed by atoms with Crippen LogP contribution in [0.5, 0.6) is 0 Å². The van der Waals surface area contributed by atoms with Crippen molar-refractivity contribution in [3.63, 3.8) is 0 Å². The maximum Gasteiger partial charge on any atom is 0.305 e. The number of carbonyl (C=O) groups excluding carboxylic acids is 2. The van der Waals surface area contributed by atoms with E-state index in [2.05, 4.69) is 43.5 Å². The minimum absolute atomic E-state index is 0.0113. The van der Waals surface area contributed by atoms with Crippen LogP contribution in [0.2, 0.25) is 0 Å². The highest BCUT2D eigenvalue weighted by atomic mass is 16.7. The van der Waals surface area contributed by atoms with Crippen LogP contribution in [0, 0.1) is 0 Å². The molecule has 0 aromatic carbocycles. The zero-order chi connectivity index (χ0) is 61.6. The number of hydrogen-bond donors (Lipinski definition) is 6. The van der Waals surface area contributed by atoms with Gasteiger partial charge in [-0.1, -0.05) is 314 Å². The number of amides is 1. The summed E-state index contributed by atoms with van der Waals surface area (Å²) in [6.07, 6.45) is 71.5. The lowest BCUT2D eigenvalue weighted by molar-refractivity contribution is -0.302. The molecule has 500 valence electrons. The van der Waals surface area contributed by atoms with E-state index in [-0.39, 0.29) is 18.5 Å². The SMILES string of the molecule is CCCCCCCCC/C=C/CC/C=C/C(O)C(COC1OC(CO)C(O)C(O)C1O)NC(=O)CCCCCCCCCCCCCCCCCCC/C=C\CCCCCCCCCCCCCCOC(=O)CCCCCCCCCCCCC. The van der Waals surface area contributed by atoms with Crippen LogP contribution in [0.4, 0.5) is 0 Å². The average Bonchev–Trinajstić information content (AvgIpc) is 3.41. The van der Waals surface area contributed by atoms with Gasteiger partial charge in [0, 0.05) is 12.8 Å². The number of carbonyl (C=O) groups is 2. The minimum Gasteiger partial charge on any atom is -0.466 e. The van der Waals surface area contributed by atoms with Crippen LogP contribution in [0.1, 0.15) is 361 Å². The minimum atomic E-state index is -1.57. The van der Waals surface area contributed by atoms with E-state index in [0.29, 0.717) is 19.4 Å². The molecule has 11 nitrogen and oxygen atoms in total. The fourth-order valence-corrected chi connectivity index (χ4v) is 11.7. The fourth-order valence-electron chi connectivity index (χ4n) is 11.7. The molecule has 1 amide bonds. The van der Waals surface area contributed by atoms with Gasteiger partial charge >= 0.3 is 5.97 Å². The van der Waals surface area contributed by atoms with Gasteiger partial charge in [-0.15, -0.1) is 0 Å². The quantitative estimate of drug-likeness (QED) is 0.0195. The molecule has 1 rings (SSSR count). The average molecular weight is 1200 g/mol. The summed E-state index contributed by atoms with van der Waals surface area (Å²) in [5, 5.41) is 54.5. The molecule has 1 heterocycles. The summed E-state index contributed by atoms with van der Waals surface area (Å²) in [5.41, 5.74) is 0. The van der Waals surface area contributed by atoms with Gasteiger partial charge in [-0.3, -0.25) is 9.59 Å². The first kappa shape index (κ1) is 80.9. The molecule has 1 aliphatic rings. The molecule has 0 bridgehead atoms. The summed E-state index contributed by atoms with van der Waals surface area (Å²) >= 11 is 0. The Morgan fingerprint density at radius 3 is 1.16 bits per heavy atom. The van der Waals surface area contributed by atoms with Gasteiger partial charge in [0.15, 0.2) is 6.29 Å². The van der Waals surface area contributed by atoms with Crippen LogP contribution in [-0.2, 0) is 23.8 Å². The van der Waals surface area contributed by atoms with Crippen molar-refractivity contribution in [1.82, 2.24) is 5.32 Å². The van der Waals surface area contributed by atoms with E-state index in [9.17, 15) is 35.1 Å². The van der Waals surface area contributed by atoms with Crippen LogP contribution >= 0.6 is 0 Å². The predicted molar refractivity (Wildman–Crippen MR) is 357 cm³/mol. The topological polar surface area (TPSA) is 175 Å². The standard InChI is InChI=1S/C74H139NO10/c1-3-5-7-9-11-13-15-37-41-44-48-52-56-60-67(77)66(65-84-74-73(82)72(81)71(80)68(64-76)85-74)75-69(78)61-57-53-49-45-42-38-35-33-31-29-27-25-23-21-19-17-16-18-20-22-24-26-28-30-32-34-36-39-43-47-51-55-59-63-83-70(79)62-58-54-50-46-40-14-12-10-8-6-4-2/h20,22,41,44,56,60,66-68,71-74,76-77,80-82H,3-19,21,23-40,42-43,45-55,57-59,61-65H2,1-2H3,(H,75,78)/b22-20-,44-41+,60-56+. The van der Waals surface area contributed by atoms with Crippen LogP contribution in [0.25, 0.3) is 0 Å². The molecule has 0 aromatic heterocycles. The van der Waals surface area contributed by atoms with Crippen molar-refractivity contribution in [2.75, 3.05) is 19.8 Å². The van der Waals surface area contributed by atoms with Crippen molar-refractivity contribution in [2.45, 2.75) is 403 Å². The van der Waals surface area contributed by atoms with E-state index in [0.717, 1.165) is 51.4 Å². The van der Waals surface area contributed by atoms with Crippen molar-refractivity contribution in [3.8, 4) is 0 Å². The van der Waals surface area contributed by atoms with Gasteiger partial charge in [0.05, 0.1) is 32.0 Å². The number of esters is 1. The van der Waals surface area contributed by atoms with Crippen molar-refractivity contribution in [2.24, 2.45) is 0 Å². The van der Waals surface area contributed by atoms with E-state index in [1.807, 2.05) is 6.08 Å². The van der Waals surface area contributed by atoms with Gasteiger partial charge in [0.25, 0.3) is 0 Å². The zero-order valence-electron chi connectivity index (χ0n) is 55.6. The molecule has 0 aromatic rings. The maximum absolute atomic E-state index is 13.1. The van der Waals surface area contributed by atoms with Gasteiger partial charge in [0.1, 0.15) is 24.4 Å². The Labute approximate surface area is 523 Å². The Balaban J connectivity index is 1.95. The second-order valence-electron chi connectivity index (χ2n) is 25.6. The number of nitrogens with one attached hydrogen (secondary N) is 1. The molecule has 1 aliphatic heterocycles. The van der Waals surface area contributed by atoms with Gasteiger partial charge in [-0.2, -0.15) is 0 Å². The normalized spacial score (nSPS) is 18.1. The lowest BCUT2D eigenvalue weighted by Crippen LogP contribution is -2.60. The Morgan fingerprint density at radius 2 is 0.765 bits per heavy atom. The largest absolute Gasteiger partial charge is 0.466 e. The summed E-state index contributed by atoms with van der Waals surface area (Å²) in [4.78, 5) is 25.1. The third-order valence-corrected chi connectivity index (χ3v) is 17.5. The summed E-state index contributed by atoms with van der Waals surface area (Å²) in [6, 6.07) is -0.825. The fraction of sp³-hybridized carbons (Fsp3) is 0.892. The van der Waals surface area contributed by atoms with Gasteiger partial charge < -0.3 is 45.1 Å². The number of ether oxygens (including phenoxy) is 3. The second-order valence-corrected chi connectivity index (χ2v) is 25.6. The van der Waals surface area contributed by atoms with E-state index in [4.69, 9.17) is 14.2 Å². The molecule has 0 radical (unpaired) electrons. The third kappa shape index (κ3) is 52.4. The molecule has 7 unspecified atom stereocenters. The highest BCUT2D eigenvalue weighted by Gasteiger charge is 2.44. The molecule has 1 fully saturated rings. The highest BCUT2D eigenvalue weighted by Crippen LogP contribution is 2.23. The molecule has 1 saturated heterocycles. The first-order valence-corrected chi connectivity index (χ1v) is 36.8. The molecule has 7 atom stereocenters. The molecular formula is C74H139NO10. The number of allylic oxidation sites excluding steroid dienone is 5. The Morgan fingerprint density at radius 1 is 0.424 bits per heavy atom. The van der Waals surface area contributed by atoms with Gasteiger partial charge in [-0.05, 0) is 70.6 Å². The van der Waals surface area contributed by atoms with Crippen LogP contribution in [-0.4, -0.2) is 100 Å². The number of hydrogen-bond acceptors (Lipinski definition) is 10. The van der Waals surface area contributed by atoms with Crippen molar-refractivity contribution >= 4 is 11.9 Å². The molecule has 85 heavy (non-hydrogen) atoms. The van der Waals surface area contributed by atoms with Crippen LogP contribution < -0.4 is 5.32 Å². The Hall–Kier alpha value is -2.12. The first-order valence-electron chi connectivity index (χ1n) is 36.8. The third-order valence-electron chi connectivity index (χ3n) is 17.5. The van der Waals surface area contributed by atoms with Crippen LogP contribution in [0.15, 0.2) is 36.5 Å². The first-order chi connectivity index (χ1) is 41.7. The predicted octanol–water partition coefficient (Wildman–Crippen LogP) is 19.0. The summed E-state index contributed by atoms with van der Waals surface area (Å²) < 4.78 is 16.7. The zero-order valence-corrected chi connectivity index (χ0v) is 55.6. The highest BCUT2D eigenvalue weighted by molar-refractivity contribution is 5.76. The molecule has 0 saturated carbocycles. The number of aliphatic hydroxyl groups is 5. The summed E-state index contributed by atoms with van der Waals surface area (Å²) in [5.74, 6) is -0.176. The molecule has 6 N–H and O–H groups in total. The Bertz CT molecular complexity index is 1510. The maximum atomic E-state index is 13.1.